The van der Waals surface area contributed by atoms with Crippen LogP contribution < -0.4 is 15.5 Å². The topological polar surface area (TPSA) is 84.9 Å². The molecule has 0 aromatic heterocycles. The number of alkyl halides is 3. The molecule has 2 aromatic rings. The number of carbonyl (C=O) groups excluding carboxylic acids is 1. The van der Waals surface area contributed by atoms with Crippen LogP contribution in [0.2, 0.25) is 5.02 Å². The Hall–Kier alpha value is -2.96. The molecule has 13 heteroatoms. The zero-order valence-electron chi connectivity index (χ0n) is 19.7. The third kappa shape index (κ3) is 8.27. The minimum Gasteiger partial charge on any atom is -0.481 e. The van der Waals surface area contributed by atoms with Gasteiger partial charge in [-0.3, -0.25) is 14.5 Å². The summed E-state index contributed by atoms with van der Waals surface area (Å²) < 4.78 is 66.8. The highest BCUT2D eigenvalue weighted by Crippen LogP contribution is 2.31. The van der Waals surface area contributed by atoms with Gasteiger partial charge in [0.1, 0.15) is 0 Å². The fourth-order valence-corrected chi connectivity index (χ4v) is 4.05. The first-order chi connectivity index (χ1) is 17.4. The summed E-state index contributed by atoms with van der Waals surface area (Å²) in [5.74, 6) is -4.49. The fraction of sp³-hybridized carbons (Fsp3) is 0.417. The van der Waals surface area contributed by atoms with E-state index in [4.69, 9.17) is 16.7 Å². The van der Waals surface area contributed by atoms with Gasteiger partial charge in [0.15, 0.2) is 11.6 Å². The van der Waals surface area contributed by atoms with Crippen molar-refractivity contribution >= 4 is 34.9 Å². The SMILES string of the molecule is O=C(O)CCNCc1ccc(C(=O)Nc2ccc(Cl)cc2N2CCN(CCC(F)(F)F)CC2)c(F)c1F. The molecule has 0 atom stereocenters. The Morgan fingerprint density at radius 3 is 2.38 bits per heavy atom. The molecule has 0 aliphatic carbocycles. The summed E-state index contributed by atoms with van der Waals surface area (Å²) in [5.41, 5.74) is 0.216. The molecule has 202 valence electrons. The van der Waals surface area contributed by atoms with Crippen LogP contribution in [0.3, 0.4) is 0 Å². The standard InChI is InChI=1S/C24H26ClF5N4O3/c25-16-2-4-18(19(13-16)34-11-9-33(10-12-34)8-6-24(28,29)30)32-23(37)17-3-1-15(21(26)22(17)27)14-31-7-5-20(35)36/h1-4,13,31H,5-12,14H2,(H,32,37)(H,35,36). The van der Waals surface area contributed by atoms with Gasteiger partial charge in [-0.2, -0.15) is 13.2 Å². The lowest BCUT2D eigenvalue weighted by Gasteiger charge is -2.37. The molecule has 1 amide bonds. The molecule has 1 heterocycles. The van der Waals surface area contributed by atoms with E-state index >= 15 is 0 Å². The lowest BCUT2D eigenvalue weighted by molar-refractivity contribution is -0.138. The number of amides is 1. The maximum atomic E-state index is 14.7. The molecule has 0 radical (unpaired) electrons. The van der Waals surface area contributed by atoms with Crippen molar-refractivity contribution in [2.24, 2.45) is 0 Å². The molecule has 1 aliphatic rings. The van der Waals surface area contributed by atoms with Gasteiger partial charge in [0.25, 0.3) is 5.91 Å². The van der Waals surface area contributed by atoms with Gasteiger partial charge in [-0.1, -0.05) is 17.7 Å². The predicted molar refractivity (Wildman–Crippen MR) is 129 cm³/mol. The van der Waals surface area contributed by atoms with E-state index in [-0.39, 0.29) is 37.3 Å². The molecule has 0 spiro atoms. The maximum Gasteiger partial charge on any atom is 0.390 e. The number of aliphatic carboxylic acids is 1. The Kier molecular flexibility index (Phi) is 9.68. The first-order valence-corrected chi connectivity index (χ1v) is 11.9. The average molecular weight is 549 g/mol. The second-order valence-corrected chi connectivity index (χ2v) is 8.97. The van der Waals surface area contributed by atoms with Gasteiger partial charge >= 0.3 is 12.1 Å². The van der Waals surface area contributed by atoms with Crippen LogP contribution in [-0.4, -0.2) is 67.3 Å². The number of nitrogens with zero attached hydrogens (tertiary/aromatic N) is 2. The van der Waals surface area contributed by atoms with Gasteiger partial charge in [-0.15, -0.1) is 0 Å². The zero-order chi connectivity index (χ0) is 27.2. The van der Waals surface area contributed by atoms with Crippen LogP contribution in [-0.2, 0) is 11.3 Å². The fourth-order valence-electron chi connectivity index (χ4n) is 3.88. The highest BCUT2D eigenvalue weighted by molar-refractivity contribution is 6.31. The van der Waals surface area contributed by atoms with Crippen molar-refractivity contribution in [3.05, 3.63) is 58.1 Å². The molecular formula is C24H26ClF5N4O3. The van der Waals surface area contributed by atoms with Crippen molar-refractivity contribution in [3.8, 4) is 0 Å². The molecule has 1 saturated heterocycles. The number of benzene rings is 2. The summed E-state index contributed by atoms with van der Waals surface area (Å²) in [6, 6.07) is 7.00. The summed E-state index contributed by atoms with van der Waals surface area (Å²) in [7, 11) is 0. The van der Waals surface area contributed by atoms with Crippen LogP contribution in [0.4, 0.5) is 33.3 Å². The Bertz CT molecular complexity index is 1120. The third-order valence-electron chi connectivity index (χ3n) is 5.87. The van der Waals surface area contributed by atoms with Crippen LogP contribution in [0.15, 0.2) is 30.3 Å². The summed E-state index contributed by atoms with van der Waals surface area (Å²) >= 11 is 6.13. The number of carbonyl (C=O) groups is 2. The predicted octanol–water partition coefficient (Wildman–Crippen LogP) is 4.51. The Labute approximate surface area is 215 Å². The molecule has 0 unspecified atom stereocenters. The van der Waals surface area contributed by atoms with Crippen molar-refractivity contribution < 1.29 is 36.6 Å². The smallest absolute Gasteiger partial charge is 0.390 e. The summed E-state index contributed by atoms with van der Waals surface area (Å²) in [6.45, 7) is 1.35. The lowest BCUT2D eigenvalue weighted by Crippen LogP contribution is -2.47. The molecule has 3 rings (SSSR count). The zero-order valence-corrected chi connectivity index (χ0v) is 20.4. The monoisotopic (exact) mass is 548 g/mol. The van der Waals surface area contributed by atoms with Gasteiger partial charge in [0.05, 0.1) is 29.8 Å². The number of halogens is 6. The molecule has 1 fully saturated rings. The van der Waals surface area contributed by atoms with E-state index in [9.17, 15) is 31.5 Å². The highest BCUT2D eigenvalue weighted by Gasteiger charge is 2.29. The second-order valence-electron chi connectivity index (χ2n) is 8.53. The van der Waals surface area contributed by atoms with Gasteiger partial charge in [-0.05, 0) is 24.3 Å². The molecule has 1 aliphatic heterocycles. The molecule has 3 N–H and O–H groups in total. The molecule has 0 bridgehead atoms. The number of hydrogen-bond donors (Lipinski definition) is 3. The van der Waals surface area contributed by atoms with Gasteiger partial charge in [0.2, 0.25) is 0 Å². The van der Waals surface area contributed by atoms with Crippen LogP contribution in [0.5, 0.6) is 0 Å². The van der Waals surface area contributed by atoms with Gasteiger partial charge in [-0.25, -0.2) is 8.78 Å². The van der Waals surface area contributed by atoms with E-state index in [1.54, 1.807) is 11.0 Å². The quantitative estimate of drug-likeness (QED) is 0.299. The van der Waals surface area contributed by atoms with Crippen LogP contribution in [0.25, 0.3) is 0 Å². The Balaban J connectivity index is 1.68. The normalized spacial score (nSPS) is 14.6. The summed E-state index contributed by atoms with van der Waals surface area (Å²) in [5, 5.41) is 14.3. The van der Waals surface area contributed by atoms with E-state index in [0.29, 0.717) is 36.9 Å². The highest BCUT2D eigenvalue weighted by atomic mass is 35.5. The third-order valence-corrected chi connectivity index (χ3v) is 6.11. The largest absolute Gasteiger partial charge is 0.481 e. The number of carboxylic acids is 1. The second kappa shape index (κ2) is 12.5. The molecule has 37 heavy (non-hydrogen) atoms. The van der Waals surface area contributed by atoms with E-state index in [1.807, 2.05) is 4.90 Å². The number of rotatable bonds is 10. The number of hydrogen-bond acceptors (Lipinski definition) is 5. The van der Waals surface area contributed by atoms with E-state index in [0.717, 1.165) is 6.07 Å². The minimum atomic E-state index is -4.23. The Morgan fingerprint density at radius 1 is 1.03 bits per heavy atom. The van der Waals surface area contributed by atoms with Crippen molar-refractivity contribution in [3.63, 3.8) is 0 Å². The molecular weight excluding hydrogens is 523 g/mol. The molecule has 2 aromatic carbocycles. The molecule has 0 saturated carbocycles. The first kappa shape index (κ1) is 28.6. The average Bonchev–Trinajstić information content (AvgIpc) is 2.84. The number of piperazine rings is 1. The van der Waals surface area contributed by atoms with Crippen molar-refractivity contribution in [2.45, 2.75) is 25.6 Å². The first-order valence-electron chi connectivity index (χ1n) is 11.5. The van der Waals surface area contributed by atoms with Crippen molar-refractivity contribution in [1.82, 2.24) is 10.2 Å². The Morgan fingerprint density at radius 2 is 1.73 bits per heavy atom. The van der Waals surface area contributed by atoms with E-state index in [1.165, 1.54) is 18.2 Å². The number of anilines is 2. The maximum absolute atomic E-state index is 14.7. The number of nitrogens with one attached hydrogen (secondary N) is 2. The molecule has 7 nitrogen and oxygen atoms in total. The summed E-state index contributed by atoms with van der Waals surface area (Å²) in [4.78, 5) is 26.9. The minimum absolute atomic E-state index is 0.0602. The van der Waals surface area contributed by atoms with Gasteiger partial charge in [0, 0.05) is 56.4 Å². The van der Waals surface area contributed by atoms with Crippen LogP contribution in [0, 0.1) is 11.6 Å². The van der Waals surface area contributed by atoms with Crippen LogP contribution >= 0.6 is 11.6 Å². The lowest BCUT2D eigenvalue weighted by atomic mass is 10.1. The van der Waals surface area contributed by atoms with E-state index in [2.05, 4.69) is 10.6 Å². The van der Waals surface area contributed by atoms with Crippen molar-refractivity contribution in [2.75, 3.05) is 49.5 Å². The van der Waals surface area contributed by atoms with Gasteiger partial charge < -0.3 is 20.6 Å². The van der Waals surface area contributed by atoms with E-state index < -0.39 is 41.7 Å². The van der Waals surface area contributed by atoms with Crippen molar-refractivity contribution in [1.29, 1.82) is 0 Å². The van der Waals surface area contributed by atoms with Crippen LogP contribution in [0.1, 0.15) is 28.8 Å². The number of carboxylic acid groups (broad SMARTS) is 1. The summed E-state index contributed by atoms with van der Waals surface area (Å²) in [6.07, 6.45) is -5.31.